The summed E-state index contributed by atoms with van der Waals surface area (Å²) in [6, 6.07) is 7.24. The van der Waals surface area contributed by atoms with E-state index in [9.17, 15) is 9.59 Å². The fourth-order valence-electron chi connectivity index (χ4n) is 2.73. The molecular formula is C16H16ClN5O3Se. The normalized spacial score (nSPS) is 22.2. The summed E-state index contributed by atoms with van der Waals surface area (Å²) >= 11 is 6.01. The van der Waals surface area contributed by atoms with Crippen molar-refractivity contribution < 1.29 is 4.74 Å². The first-order valence-corrected chi connectivity index (χ1v) is 10.3. The maximum absolute atomic E-state index is 12.1. The monoisotopic (exact) mass is 441 g/mol. The van der Waals surface area contributed by atoms with Gasteiger partial charge in [0.2, 0.25) is 0 Å². The average molecular weight is 441 g/mol. The van der Waals surface area contributed by atoms with Crippen LogP contribution in [0.3, 0.4) is 0 Å². The SMILES string of the molecule is Cc1cn([C@H]2C[C@H](N=[N+]=[N-])[C@@H](C[Se]c3ccc(Cl)cc3)O2)c(=O)[nH]c1=O. The molecule has 0 saturated carbocycles. The maximum atomic E-state index is 12.1. The van der Waals surface area contributed by atoms with Crippen molar-refractivity contribution in [2.24, 2.45) is 5.11 Å². The Morgan fingerprint density at radius 2 is 2.15 bits per heavy atom. The van der Waals surface area contributed by atoms with E-state index >= 15 is 0 Å². The molecule has 0 aliphatic carbocycles. The van der Waals surface area contributed by atoms with Crippen molar-refractivity contribution in [3.63, 3.8) is 0 Å². The predicted octanol–water partition coefficient (Wildman–Crippen LogP) is 1.91. The zero-order valence-electron chi connectivity index (χ0n) is 13.8. The number of nitrogens with zero attached hydrogens (tertiary/aromatic N) is 4. The number of azide groups is 1. The number of hydrogen-bond donors (Lipinski definition) is 1. The number of hydrogen-bond acceptors (Lipinski definition) is 4. The van der Waals surface area contributed by atoms with Crippen LogP contribution in [0.5, 0.6) is 0 Å². The number of aryl methyl sites for hydroxylation is 1. The summed E-state index contributed by atoms with van der Waals surface area (Å²) in [5.41, 5.74) is 8.30. The summed E-state index contributed by atoms with van der Waals surface area (Å²) in [6.45, 7) is 1.62. The fourth-order valence-corrected chi connectivity index (χ4v) is 4.93. The zero-order chi connectivity index (χ0) is 18.7. The molecule has 2 aromatic rings. The third-order valence-electron chi connectivity index (χ3n) is 4.09. The van der Waals surface area contributed by atoms with Crippen molar-refractivity contribution in [2.45, 2.75) is 37.0 Å². The van der Waals surface area contributed by atoms with E-state index < -0.39 is 17.5 Å². The van der Waals surface area contributed by atoms with E-state index in [4.69, 9.17) is 21.9 Å². The first kappa shape index (κ1) is 18.8. The van der Waals surface area contributed by atoms with Crippen LogP contribution in [0.4, 0.5) is 0 Å². The number of nitrogens with one attached hydrogen (secondary N) is 1. The molecule has 1 aromatic carbocycles. The standard InChI is InChI=1S/C16H16ClN5O3Se/c1-9-7-22(16(24)19-15(9)23)14-6-12(20-21-18)13(25-14)8-26-11-4-2-10(17)3-5-11/h2-5,7,12-14H,6,8H2,1H3,(H,19,23,24)/t12-,13+,14+/m0/s1. The molecule has 26 heavy (non-hydrogen) atoms. The van der Waals surface area contributed by atoms with Crippen LogP contribution in [-0.4, -0.2) is 36.7 Å². The molecule has 1 saturated heterocycles. The molecule has 1 N–H and O–H groups in total. The number of ether oxygens (including phenoxy) is 1. The summed E-state index contributed by atoms with van der Waals surface area (Å²) in [7, 11) is 0. The summed E-state index contributed by atoms with van der Waals surface area (Å²) in [4.78, 5) is 28.8. The minimum atomic E-state index is -0.570. The molecule has 1 fully saturated rings. The van der Waals surface area contributed by atoms with Gasteiger partial charge in [-0.3, -0.25) is 0 Å². The van der Waals surface area contributed by atoms with E-state index in [0.29, 0.717) is 22.3 Å². The van der Waals surface area contributed by atoms with Crippen LogP contribution >= 0.6 is 11.6 Å². The first-order valence-electron chi connectivity index (χ1n) is 7.88. The van der Waals surface area contributed by atoms with Crippen LogP contribution in [0.2, 0.25) is 10.3 Å². The summed E-state index contributed by atoms with van der Waals surface area (Å²) in [5.74, 6) is 0. The average Bonchev–Trinajstić information content (AvgIpc) is 3.01. The van der Waals surface area contributed by atoms with Gasteiger partial charge in [0.1, 0.15) is 0 Å². The Hall–Kier alpha value is -2.02. The van der Waals surface area contributed by atoms with Crippen LogP contribution in [0.15, 0.2) is 45.2 Å². The van der Waals surface area contributed by atoms with E-state index in [1.165, 1.54) is 10.8 Å². The Balaban J connectivity index is 1.77. The number of halogens is 1. The molecule has 1 aliphatic heterocycles. The molecule has 136 valence electrons. The molecule has 3 atom stereocenters. The second-order valence-corrected chi connectivity index (χ2v) is 8.61. The molecule has 2 heterocycles. The van der Waals surface area contributed by atoms with Crippen LogP contribution < -0.4 is 15.7 Å². The van der Waals surface area contributed by atoms with Crippen LogP contribution in [0.25, 0.3) is 10.4 Å². The molecule has 0 unspecified atom stereocenters. The van der Waals surface area contributed by atoms with Gasteiger partial charge in [-0.2, -0.15) is 0 Å². The van der Waals surface area contributed by atoms with Gasteiger partial charge < -0.3 is 0 Å². The Labute approximate surface area is 159 Å². The van der Waals surface area contributed by atoms with Crippen LogP contribution in [0.1, 0.15) is 18.2 Å². The second-order valence-electron chi connectivity index (χ2n) is 5.88. The quantitative estimate of drug-likeness (QED) is 0.331. The van der Waals surface area contributed by atoms with Gasteiger partial charge in [-0.15, -0.1) is 0 Å². The Bertz CT molecular complexity index is 952. The van der Waals surface area contributed by atoms with E-state index in [1.54, 1.807) is 6.92 Å². The molecule has 1 aromatic heterocycles. The molecule has 0 amide bonds. The summed E-state index contributed by atoms with van der Waals surface area (Å²) in [6.07, 6.45) is 1.01. The Kier molecular flexibility index (Phi) is 5.86. The van der Waals surface area contributed by atoms with E-state index in [0.717, 1.165) is 4.46 Å². The second kappa shape index (κ2) is 8.12. The molecule has 0 spiro atoms. The minimum absolute atomic E-state index is 0.110. The summed E-state index contributed by atoms with van der Waals surface area (Å²) < 4.78 is 8.51. The van der Waals surface area contributed by atoms with Crippen molar-refractivity contribution in [3.05, 3.63) is 72.3 Å². The number of benzene rings is 1. The summed E-state index contributed by atoms with van der Waals surface area (Å²) in [5, 5.41) is 5.22. The van der Waals surface area contributed by atoms with E-state index in [-0.39, 0.29) is 27.1 Å². The number of rotatable bonds is 5. The molecular weight excluding hydrogens is 425 g/mol. The predicted molar refractivity (Wildman–Crippen MR) is 99.2 cm³/mol. The van der Waals surface area contributed by atoms with Gasteiger partial charge in [-0.05, 0) is 0 Å². The molecule has 8 nitrogen and oxygen atoms in total. The third kappa shape index (κ3) is 4.20. The molecule has 1 aliphatic rings. The topological polar surface area (TPSA) is 113 Å². The number of aromatic amines is 1. The number of H-pyrrole nitrogens is 1. The van der Waals surface area contributed by atoms with Gasteiger partial charge in [-0.25, -0.2) is 0 Å². The Morgan fingerprint density at radius 1 is 1.42 bits per heavy atom. The number of aromatic nitrogens is 2. The van der Waals surface area contributed by atoms with Crippen molar-refractivity contribution in [1.29, 1.82) is 0 Å². The van der Waals surface area contributed by atoms with Gasteiger partial charge in [0.05, 0.1) is 0 Å². The van der Waals surface area contributed by atoms with E-state index in [1.807, 2.05) is 24.3 Å². The van der Waals surface area contributed by atoms with Gasteiger partial charge in [-0.1, -0.05) is 0 Å². The van der Waals surface area contributed by atoms with Crippen LogP contribution in [0, 0.1) is 6.92 Å². The fraction of sp³-hybridized carbons (Fsp3) is 0.375. The molecule has 3 rings (SSSR count). The van der Waals surface area contributed by atoms with Crippen LogP contribution in [-0.2, 0) is 4.74 Å². The van der Waals surface area contributed by atoms with Gasteiger partial charge >= 0.3 is 160 Å². The molecule has 10 heteroatoms. The third-order valence-corrected chi connectivity index (χ3v) is 6.65. The van der Waals surface area contributed by atoms with E-state index in [2.05, 4.69) is 15.0 Å². The van der Waals surface area contributed by atoms with Crippen molar-refractivity contribution >= 4 is 31.0 Å². The van der Waals surface area contributed by atoms with Crippen molar-refractivity contribution in [3.8, 4) is 0 Å². The first-order chi connectivity index (χ1) is 12.5. The van der Waals surface area contributed by atoms with Gasteiger partial charge in [0.25, 0.3) is 0 Å². The Morgan fingerprint density at radius 3 is 2.85 bits per heavy atom. The van der Waals surface area contributed by atoms with Gasteiger partial charge in [0, 0.05) is 0 Å². The molecule has 0 bridgehead atoms. The van der Waals surface area contributed by atoms with Crippen molar-refractivity contribution in [1.82, 2.24) is 9.55 Å². The van der Waals surface area contributed by atoms with Crippen molar-refractivity contribution in [2.75, 3.05) is 0 Å². The molecule has 0 radical (unpaired) electrons. The van der Waals surface area contributed by atoms with Gasteiger partial charge in [0.15, 0.2) is 0 Å². The zero-order valence-corrected chi connectivity index (χ0v) is 16.3.